The first-order valence-electron chi connectivity index (χ1n) is 4.91. The van der Waals surface area contributed by atoms with E-state index in [4.69, 9.17) is 0 Å². The summed E-state index contributed by atoms with van der Waals surface area (Å²) in [6.45, 7) is 4.15. The largest absolute Gasteiger partial charge is 0.451 e. The molecule has 0 saturated carbocycles. The minimum absolute atomic E-state index is 0.168. The Morgan fingerprint density at radius 2 is 1.81 bits per heavy atom. The molecule has 0 aliphatic rings. The molecule has 0 fully saturated rings. The first-order chi connectivity index (χ1) is 7.37. The first-order valence-corrected chi connectivity index (χ1v) is 5.99. The highest BCUT2D eigenvalue weighted by atomic mass is 127. The van der Waals surface area contributed by atoms with Gasteiger partial charge in [0.1, 0.15) is 5.75 Å². The van der Waals surface area contributed by atoms with E-state index in [0.29, 0.717) is 5.92 Å². The lowest BCUT2D eigenvalue weighted by atomic mass is 10.1. The average Bonchev–Trinajstić information content (AvgIpc) is 2.14. The van der Waals surface area contributed by atoms with Crippen LogP contribution in [0.2, 0.25) is 0 Å². The highest BCUT2D eigenvalue weighted by Crippen LogP contribution is 2.27. The molecule has 0 unspecified atom stereocenters. The summed E-state index contributed by atoms with van der Waals surface area (Å²) >= 11 is 0.945. The zero-order valence-corrected chi connectivity index (χ0v) is 11.2. The van der Waals surface area contributed by atoms with Crippen molar-refractivity contribution in [3.8, 4) is 5.75 Å². The predicted molar refractivity (Wildman–Crippen MR) is 69.9 cm³/mol. The topological polar surface area (TPSA) is 9.23 Å². The molecule has 4 heteroatoms. The molecule has 0 spiro atoms. The first kappa shape index (κ1) is 13.4. The normalized spacial score (nSPS) is 12.4. The van der Waals surface area contributed by atoms with E-state index in [1.165, 1.54) is 12.1 Å². The van der Waals surface area contributed by atoms with Crippen LogP contribution in [0, 0.1) is 5.92 Å². The molecule has 0 saturated heterocycles. The molecule has 1 aromatic carbocycles. The zero-order chi connectivity index (χ0) is 12.2. The minimum Gasteiger partial charge on any atom is -0.425 e. The lowest BCUT2D eigenvalue weighted by molar-refractivity contribution is -0.0691. The Hall–Kier alpha value is -0.650. The molecule has 0 aliphatic heterocycles. The molecule has 0 aliphatic carbocycles. The van der Waals surface area contributed by atoms with Crippen LogP contribution in [-0.4, -0.2) is 4.12 Å². The molecule has 0 bridgehead atoms. The molecule has 0 radical (unpaired) electrons. The number of rotatable bonds is 4. The Kier molecular flexibility index (Phi) is 4.70. The molecule has 1 nitrogen and oxygen atoms in total. The summed E-state index contributed by atoms with van der Waals surface area (Å²) in [6.07, 6.45) is 4.00. The second kappa shape index (κ2) is 5.61. The molecule has 0 amide bonds. The van der Waals surface area contributed by atoms with Crippen molar-refractivity contribution in [2.45, 2.75) is 18.0 Å². The molecule has 0 heterocycles. The van der Waals surface area contributed by atoms with Gasteiger partial charge in [-0.05, 0) is 23.6 Å². The fraction of sp³-hybridized carbons (Fsp3) is 0.333. The minimum atomic E-state index is -3.16. The van der Waals surface area contributed by atoms with Gasteiger partial charge in [-0.1, -0.05) is 38.1 Å². The van der Waals surface area contributed by atoms with E-state index >= 15 is 0 Å². The van der Waals surface area contributed by atoms with Crippen molar-refractivity contribution in [2.24, 2.45) is 5.92 Å². The molecular weight excluding hydrogens is 325 g/mol. The van der Waals surface area contributed by atoms with Gasteiger partial charge in [0, 0.05) is 0 Å². The smallest absolute Gasteiger partial charge is 0.425 e. The maximum Gasteiger partial charge on any atom is 0.451 e. The Morgan fingerprint density at radius 1 is 1.25 bits per heavy atom. The van der Waals surface area contributed by atoms with Gasteiger partial charge in [-0.25, -0.2) is 0 Å². The van der Waals surface area contributed by atoms with Crippen LogP contribution >= 0.6 is 22.6 Å². The van der Waals surface area contributed by atoms with Crippen molar-refractivity contribution in [3.63, 3.8) is 0 Å². The maximum absolute atomic E-state index is 12.5. The lowest BCUT2D eigenvalue weighted by Gasteiger charge is -2.10. The van der Waals surface area contributed by atoms with E-state index in [1.54, 1.807) is 12.1 Å². The number of benzene rings is 1. The van der Waals surface area contributed by atoms with E-state index in [-0.39, 0.29) is 5.75 Å². The molecule has 0 N–H and O–H groups in total. The van der Waals surface area contributed by atoms with Crippen molar-refractivity contribution in [3.05, 3.63) is 35.9 Å². The summed E-state index contributed by atoms with van der Waals surface area (Å²) in [5, 5.41) is 0. The van der Waals surface area contributed by atoms with E-state index < -0.39 is 4.12 Å². The summed E-state index contributed by atoms with van der Waals surface area (Å²) in [4.78, 5) is 0. The van der Waals surface area contributed by atoms with Gasteiger partial charge < -0.3 is 4.74 Å². The Labute approximate surface area is 108 Å². The van der Waals surface area contributed by atoms with Gasteiger partial charge in [-0.3, -0.25) is 0 Å². The van der Waals surface area contributed by atoms with Crippen LogP contribution in [0.3, 0.4) is 0 Å². The second-order valence-corrected chi connectivity index (χ2v) is 4.98. The zero-order valence-electron chi connectivity index (χ0n) is 9.08. The Balaban J connectivity index is 2.68. The Bertz CT molecular complexity index is 352. The lowest BCUT2D eigenvalue weighted by Crippen LogP contribution is -2.14. The van der Waals surface area contributed by atoms with Gasteiger partial charge in [0.25, 0.3) is 0 Å². The third-order valence-corrected chi connectivity index (χ3v) is 2.01. The van der Waals surface area contributed by atoms with Crippen molar-refractivity contribution >= 4 is 28.7 Å². The summed E-state index contributed by atoms with van der Waals surface area (Å²) in [7, 11) is 0. The monoisotopic (exact) mass is 338 g/mol. The summed E-state index contributed by atoms with van der Waals surface area (Å²) in [5.41, 5.74) is 0.970. The number of halogens is 3. The van der Waals surface area contributed by atoms with Gasteiger partial charge in [0.15, 0.2) is 0 Å². The van der Waals surface area contributed by atoms with Crippen LogP contribution < -0.4 is 4.74 Å². The van der Waals surface area contributed by atoms with E-state index in [1.807, 2.05) is 12.2 Å². The SMILES string of the molecule is CC(C)/C=C/c1ccc(OC(F)(F)I)cc1. The third kappa shape index (κ3) is 5.44. The predicted octanol–water partition coefficient (Wildman–Crippen LogP) is 4.72. The van der Waals surface area contributed by atoms with Gasteiger partial charge in [0.2, 0.25) is 0 Å². The maximum atomic E-state index is 12.5. The van der Waals surface area contributed by atoms with Gasteiger partial charge >= 0.3 is 4.12 Å². The van der Waals surface area contributed by atoms with Gasteiger partial charge in [0.05, 0.1) is 22.6 Å². The molecule has 88 valence electrons. The van der Waals surface area contributed by atoms with Crippen molar-refractivity contribution < 1.29 is 13.5 Å². The molecule has 1 rings (SSSR count). The van der Waals surface area contributed by atoms with Crippen molar-refractivity contribution in [1.29, 1.82) is 0 Å². The van der Waals surface area contributed by atoms with Gasteiger partial charge in [-0.2, -0.15) is 8.78 Å². The molecule has 16 heavy (non-hydrogen) atoms. The quantitative estimate of drug-likeness (QED) is 0.570. The molecule has 0 aromatic heterocycles. The van der Waals surface area contributed by atoms with Crippen molar-refractivity contribution in [1.82, 2.24) is 0 Å². The van der Waals surface area contributed by atoms with Gasteiger partial charge in [-0.15, -0.1) is 0 Å². The third-order valence-electron chi connectivity index (χ3n) is 1.79. The Morgan fingerprint density at radius 3 is 2.25 bits per heavy atom. The van der Waals surface area contributed by atoms with Crippen LogP contribution in [0.25, 0.3) is 6.08 Å². The van der Waals surface area contributed by atoms with E-state index in [0.717, 1.165) is 28.2 Å². The molecule has 0 atom stereocenters. The van der Waals surface area contributed by atoms with Crippen LogP contribution in [0.4, 0.5) is 8.78 Å². The highest BCUT2D eigenvalue weighted by Gasteiger charge is 2.25. The number of hydrogen-bond acceptors (Lipinski definition) is 1. The number of hydrogen-bond donors (Lipinski definition) is 0. The average molecular weight is 338 g/mol. The van der Waals surface area contributed by atoms with Crippen LogP contribution in [-0.2, 0) is 0 Å². The molecule has 1 aromatic rings. The highest BCUT2D eigenvalue weighted by molar-refractivity contribution is 14.1. The summed E-state index contributed by atoms with van der Waals surface area (Å²) < 4.78 is 26.3. The second-order valence-electron chi connectivity index (χ2n) is 3.72. The summed E-state index contributed by atoms with van der Waals surface area (Å²) in [5.74, 6) is 0.635. The number of allylic oxidation sites excluding steroid dienone is 1. The van der Waals surface area contributed by atoms with Crippen LogP contribution in [0.1, 0.15) is 19.4 Å². The molecular formula is C12H13F2IO. The van der Waals surface area contributed by atoms with Crippen molar-refractivity contribution in [2.75, 3.05) is 0 Å². The van der Waals surface area contributed by atoms with Crippen LogP contribution in [0.5, 0.6) is 5.75 Å². The number of alkyl halides is 3. The fourth-order valence-electron chi connectivity index (χ4n) is 1.08. The van der Waals surface area contributed by atoms with Crippen LogP contribution in [0.15, 0.2) is 30.3 Å². The van der Waals surface area contributed by atoms with E-state index in [2.05, 4.69) is 18.6 Å². The van der Waals surface area contributed by atoms with E-state index in [9.17, 15) is 8.78 Å². The number of ether oxygens (including phenoxy) is 1. The summed E-state index contributed by atoms with van der Waals surface area (Å²) in [6, 6.07) is 6.56. The standard InChI is InChI=1S/C12H13F2IO/c1-9(2)3-4-10-5-7-11(8-6-10)16-12(13,14)15/h3-9H,1-2H3/b4-3+. The fourth-order valence-corrected chi connectivity index (χ4v) is 1.34.